The summed E-state index contributed by atoms with van der Waals surface area (Å²) in [5.74, 6) is -0.757. The summed E-state index contributed by atoms with van der Waals surface area (Å²) in [6.07, 6.45) is 4.87. The van der Waals surface area contributed by atoms with E-state index in [4.69, 9.17) is 15.6 Å². The highest BCUT2D eigenvalue weighted by atomic mass is 16.5. The number of unbranched alkanes of at least 4 members (excludes halogenated alkanes) is 2. The lowest BCUT2D eigenvalue weighted by molar-refractivity contribution is -0.146. The molecule has 19 heavy (non-hydrogen) atoms. The molecule has 0 bridgehead atoms. The molecule has 1 amide bonds. The highest BCUT2D eigenvalue weighted by Crippen LogP contribution is 2.15. The van der Waals surface area contributed by atoms with Gasteiger partial charge < -0.3 is 20.5 Å². The lowest BCUT2D eigenvalue weighted by Gasteiger charge is -2.31. The molecule has 0 aromatic heterocycles. The SMILES string of the molecule is NCCCCCC(=O)N1CCC(OCC(=O)O)CC1. The standard InChI is InChI=1S/C13H24N2O4/c14-7-3-1-2-4-12(16)15-8-5-11(6-9-15)19-10-13(17)18/h11H,1-10,14H2,(H,17,18). The maximum absolute atomic E-state index is 11.9. The molecular weight excluding hydrogens is 248 g/mol. The summed E-state index contributed by atoms with van der Waals surface area (Å²) < 4.78 is 5.23. The number of ether oxygens (including phenoxy) is 1. The summed E-state index contributed by atoms with van der Waals surface area (Å²) in [5, 5.41) is 8.53. The Kier molecular flexibility index (Phi) is 7.43. The van der Waals surface area contributed by atoms with Crippen LogP contribution in [0.2, 0.25) is 0 Å². The van der Waals surface area contributed by atoms with Gasteiger partial charge in [0.1, 0.15) is 6.61 Å². The van der Waals surface area contributed by atoms with Gasteiger partial charge in [-0.3, -0.25) is 4.79 Å². The van der Waals surface area contributed by atoms with Gasteiger partial charge in [-0.05, 0) is 32.2 Å². The molecule has 1 aliphatic rings. The zero-order chi connectivity index (χ0) is 14.1. The second kappa shape index (κ2) is 8.87. The number of hydrogen-bond donors (Lipinski definition) is 2. The molecule has 0 aromatic carbocycles. The van der Waals surface area contributed by atoms with Crippen LogP contribution >= 0.6 is 0 Å². The molecule has 0 atom stereocenters. The Morgan fingerprint density at radius 2 is 1.89 bits per heavy atom. The van der Waals surface area contributed by atoms with Crippen molar-refractivity contribution in [1.82, 2.24) is 4.90 Å². The average molecular weight is 272 g/mol. The molecule has 0 radical (unpaired) electrons. The summed E-state index contributed by atoms with van der Waals surface area (Å²) in [7, 11) is 0. The Hall–Kier alpha value is -1.14. The summed E-state index contributed by atoms with van der Waals surface area (Å²) in [4.78, 5) is 24.1. The number of nitrogens with zero attached hydrogens (tertiary/aromatic N) is 1. The van der Waals surface area contributed by atoms with Crippen LogP contribution in [0.15, 0.2) is 0 Å². The minimum atomic E-state index is -0.946. The second-order valence-corrected chi connectivity index (χ2v) is 4.88. The summed E-state index contributed by atoms with van der Waals surface area (Å²) >= 11 is 0. The molecule has 0 aromatic rings. The fraction of sp³-hybridized carbons (Fsp3) is 0.846. The quantitative estimate of drug-likeness (QED) is 0.631. The van der Waals surface area contributed by atoms with Crippen LogP contribution in [0.4, 0.5) is 0 Å². The van der Waals surface area contributed by atoms with Crippen LogP contribution in [0.5, 0.6) is 0 Å². The minimum absolute atomic E-state index is 0.0302. The predicted molar refractivity (Wildman–Crippen MR) is 70.7 cm³/mol. The lowest BCUT2D eigenvalue weighted by atomic mass is 10.1. The first kappa shape index (κ1) is 15.9. The molecule has 0 saturated carbocycles. The summed E-state index contributed by atoms with van der Waals surface area (Å²) in [6, 6.07) is 0. The Morgan fingerprint density at radius 3 is 2.47 bits per heavy atom. The lowest BCUT2D eigenvalue weighted by Crippen LogP contribution is -2.41. The van der Waals surface area contributed by atoms with Gasteiger partial charge in [-0.25, -0.2) is 4.79 Å². The predicted octanol–water partition coefficient (Wildman–Crippen LogP) is 0.598. The van der Waals surface area contributed by atoms with Crippen LogP contribution in [0.25, 0.3) is 0 Å². The number of likely N-dealkylation sites (tertiary alicyclic amines) is 1. The van der Waals surface area contributed by atoms with Gasteiger partial charge in [0, 0.05) is 19.5 Å². The summed E-state index contributed by atoms with van der Waals surface area (Å²) in [6.45, 7) is 1.76. The van der Waals surface area contributed by atoms with E-state index in [0.717, 1.165) is 32.1 Å². The van der Waals surface area contributed by atoms with Gasteiger partial charge in [-0.15, -0.1) is 0 Å². The number of piperidine rings is 1. The first-order valence-electron chi connectivity index (χ1n) is 6.94. The normalized spacial score (nSPS) is 16.6. The van der Waals surface area contributed by atoms with Crippen molar-refractivity contribution in [3.63, 3.8) is 0 Å². The molecule has 0 spiro atoms. The molecule has 1 rings (SSSR count). The third kappa shape index (κ3) is 6.54. The molecular formula is C13H24N2O4. The van der Waals surface area contributed by atoms with Crippen LogP contribution < -0.4 is 5.73 Å². The van der Waals surface area contributed by atoms with E-state index in [-0.39, 0.29) is 18.6 Å². The highest BCUT2D eigenvalue weighted by Gasteiger charge is 2.23. The van der Waals surface area contributed by atoms with Crippen LogP contribution in [0.3, 0.4) is 0 Å². The van der Waals surface area contributed by atoms with Crippen molar-refractivity contribution in [2.24, 2.45) is 5.73 Å². The van der Waals surface area contributed by atoms with Gasteiger partial charge in [0.15, 0.2) is 0 Å². The van der Waals surface area contributed by atoms with Crippen molar-refractivity contribution >= 4 is 11.9 Å². The fourth-order valence-corrected chi connectivity index (χ4v) is 2.22. The van der Waals surface area contributed by atoms with E-state index in [2.05, 4.69) is 0 Å². The number of carboxylic acid groups (broad SMARTS) is 1. The third-order valence-corrected chi connectivity index (χ3v) is 3.33. The smallest absolute Gasteiger partial charge is 0.329 e. The van der Waals surface area contributed by atoms with Gasteiger partial charge in [0.05, 0.1) is 6.10 Å². The zero-order valence-electron chi connectivity index (χ0n) is 11.3. The third-order valence-electron chi connectivity index (χ3n) is 3.33. The van der Waals surface area contributed by atoms with E-state index in [1.54, 1.807) is 0 Å². The Labute approximate surface area is 113 Å². The van der Waals surface area contributed by atoms with Gasteiger partial charge in [0.2, 0.25) is 5.91 Å². The fourth-order valence-electron chi connectivity index (χ4n) is 2.22. The second-order valence-electron chi connectivity index (χ2n) is 4.88. The van der Waals surface area contributed by atoms with Crippen molar-refractivity contribution in [2.45, 2.75) is 44.6 Å². The number of nitrogens with two attached hydrogens (primary N) is 1. The number of amides is 1. The van der Waals surface area contributed by atoms with Crippen LogP contribution in [-0.2, 0) is 14.3 Å². The molecule has 1 aliphatic heterocycles. The number of carbonyl (C=O) groups is 2. The van der Waals surface area contributed by atoms with Gasteiger partial charge in [-0.2, -0.15) is 0 Å². The molecule has 1 heterocycles. The highest BCUT2D eigenvalue weighted by molar-refractivity contribution is 5.76. The maximum Gasteiger partial charge on any atom is 0.329 e. The topological polar surface area (TPSA) is 92.9 Å². The largest absolute Gasteiger partial charge is 0.480 e. The number of carbonyl (C=O) groups excluding carboxylic acids is 1. The molecule has 110 valence electrons. The number of aliphatic carboxylic acids is 1. The van der Waals surface area contributed by atoms with Crippen molar-refractivity contribution in [3.05, 3.63) is 0 Å². The van der Waals surface area contributed by atoms with E-state index >= 15 is 0 Å². The Morgan fingerprint density at radius 1 is 1.21 bits per heavy atom. The molecule has 6 nitrogen and oxygen atoms in total. The van der Waals surface area contributed by atoms with Gasteiger partial charge in [0.25, 0.3) is 0 Å². The Balaban J connectivity index is 2.14. The van der Waals surface area contributed by atoms with Gasteiger partial charge >= 0.3 is 5.97 Å². The molecule has 0 aliphatic carbocycles. The maximum atomic E-state index is 11.9. The van der Waals surface area contributed by atoms with Crippen LogP contribution in [-0.4, -0.2) is 54.2 Å². The molecule has 1 saturated heterocycles. The van der Waals surface area contributed by atoms with E-state index in [0.29, 0.717) is 26.1 Å². The van der Waals surface area contributed by atoms with E-state index in [1.807, 2.05) is 4.90 Å². The van der Waals surface area contributed by atoms with Crippen molar-refractivity contribution in [1.29, 1.82) is 0 Å². The van der Waals surface area contributed by atoms with Crippen LogP contribution in [0, 0.1) is 0 Å². The molecule has 0 unspecified atom stereocenters. The summed E-state index contributed by atoms with van der Waals surface area (Å²) in [5.41, 5.74) is 5.40. The van der Waals surface area contributed by atoms with E-state index in [1.165, 1.54) is 0 Å². The molecule has 3 N–H and O–H groups in total. The van der Waals surface area contributed by atoms with E-state index < -0.39 is 5.97 Å². The van der Waals surface area contributed by atoms with Gasteiger partial charge in [-0.1, -0.05) is 6.42 Å². The number of hydrogen-bond acceptors (Lipinski definition) is 4. The minimum Gasteiger partial charge on any atom is -0.480 e. The molecule has 1 fully saturated rings. The first-order valence-corrected chi connectivity index (χ1v) is 6.94. The van der Waals surface area contributed by atoms with Crippen molar-refractivity contribution in [2.75, 3.05) is 26.2 Å². The molecule has 6 heteroatoms. The number of rotatable bonds is 8. The number of carboxylic acids is 1. The average Bonchev–Trinajstić information content (AvgIpc) is 2.41. The zero-order valence-corrected chi connectivity index (χ0v) is 11.3. The van der Waals surface area contributed by atoms with Crippen molar-refractivity contribution < 1.29 is 19.4 Å². The Bertz CT molecular complexity index is 288. The van der Waals surface area contributed by atoms with Crippen LogP contribution in [0.1, 0.15) is 38.5 Å². The van der Waals surface area contributed by atoms with E-state index in [9.17, 15) is 9.59 Å². The van der Waals surface area contributed by atoms with Crippen molar-refractivity contribution in [3.8, 4) is 0 Å². The monoisotopic (exact) mass is 272 g/mol. The first-order chi connectivity index (χ1) is 9.13.